The van der Waals surface area contributed by atoms with Crippen LogP contribution in [0.3, 0.4) is 0 Å². The molecule has 1 aliphatic carbocycles. The molecule has 1 nitrogen and oxygen atoms in total. The van der Waals surface area contributed by atoms with E-state index in [9.17, 15) is 8.63 Å². The molecule has 0 spiro atoms. The predicted molar refractivity (Wildman–Crippen MR) is 48.6 cm³/mol. The van der Waals surface area contributed by atoms with Gasteiger partial charge in [0.25, 0.3) is 0 Å². The van der Waals surface area contributed by atoms with Crippen LogP contribution >= 0.6 is 0 Å². The van der Waals surface area contributed by atoms with Gasteiger partial charge in [0.05, 0.1) is 6.10 Å². The standard InChI is InChI=1S/C9H13BF2O/c11-10(12)7-4-8-13-9-5-2-1-3-6-9/h9H,1-3,5-6,8H2. The molecule has 0 amide bonds. The molecule has 0 aromatic carbocycles. The van der Waals surface area contributed by atoms with E-state index in [1.807, 2.05) is 0 Å². The Morgan fingerprint density at radius 3 is 2.54 bits per heavy atom. The topological polar surface area (TPSA) is 9.23 Å². The Morgan fingerprint density at radius 2 is 1.92 bits per heavy atom. The Hall–Kier alpha value is -0.555. The van der Waals surface area contributed by atoms with Gasteiger partial charge in [-0.2, -0.15) is 0 Å². The molecule has 0 heterocycles. The van der Waals surface area contributed by atoms with Crippen molar-refractivity contribution < 1.29 is 13.4 Å². The summed E-state index contributed by atoms with van der Waals surface area (Å²) in [4.78, 5) is 0. The van der Waals surface area contributed by atoms with E-state index < -0.39 is 7.27 Å². The molecule has 0 N–H and O–H groups in total. The smallest absolute Gasteiger partial charge is 0.366 e. The first kappa shape index (κ1) is 10.5. The molecule has 0 aromatic heterocycles. The van der Waals surface area contributed by atoms with E-state index in [0.717, 1.165) is 12.8 Å². The van der Waals surface area contributed by atoms with E-state index >= 15 is 0 Å². The molecular formula is C9H13BF2O. The summed E-state index contributed by atoms with van der Waals surface area (Å²) in [5, 5.41) is 0. The molecule has 0 atom stereocenters. The van der Waals surface area contributed by atoms with Crippen molar-refractivity contribution in [3.63, 3.8) is 0 Å². The highest BCUT2D eigenvalue weighted by Gasteiger charge is 2.12. The first-order valence-electron chi connectivity index (χ1n) is 4.67. The van der Waals surface area contributed by atoms with Crippen LogP contribution in [-0.4, -0.2) is 20.0 Å². The van der Waals surface area contributed by atoms with Crippen LogP contribution in [0, 0.1) is 11.7 Å². The molecule has 0 aromatic rings. The van der Waals surface area contributed by atoms with Gasteiger partial charge in [-0.1, -0.05) is 31.0 Å². The van der Waals surface area contributed by atoms with Crippen molar-refractivity contribution in [2.24, 2.45) is 0 Å². The highest BCUT2D eigenvalue weighted by molar-refractivity contribution is 6.52. The van der Waals surface area contributed by atoms with Gasteiger partial charge in [-0.15, -0.1) is 0 Å². The van der Waals surface area contributed by atoms with Gasteiger partial charge < -0.3 is 4.74 Å². The van der Waals surface area contributed by atoms with Crippen molar-refractivity contribution in [1.29, 1.82) is 0 Å². The minimum Gasteiger partial charge on any atom is -0.366 e. The number of rotatable bonds is 2. The molecule has 0 saturated heterocycles. The van der Waals surface area contributed by atoms with Gasteiger partial charge in [0, 0.05) is 0 Å². The Labute approximate surface area is 78.0 Å². The van der Waals surface area contributed by atoms with E-state index in [1.54, 1.807) is 5.82 Å². The minimum atomic E-state index is -2.53. The lowest BCUT2D eigenvalue weighted by molar-refractivity contribution is 0.0497. The normalized spacial score (nSPS) is 17.7. The second-order valence-corrected chi connectivity index (χ2v) is 3.19. The predicted octanol–water partition coefficient (Wildman–Crippen LogP) is 2.31. The van der Waals surface area contributed by atoms with Crippen LogP contribution in [0.25, 0.3) is 0 Å². The van der Waals surface area contributed by atoms with Crippen LogP contribution in [0.1, 0.15) is 32.1 Å². The molecule has 0 unspecified atom stereocenters. The Bertz CT molecular complexity index is 192. The zero-order valence-electron chi connectivity index (χ0n) is 7.56. The van der Waals surface area contributed by atoms with E-state index in [1.165, 1.54) is 19.3 Å². The van der Waals surface area contributed by atoms with Crippen LogP contribution in [0.5, 0.6) is 0 Å². The zero-order chi connectivity index (χ0) is 9.52. The second-order valence-electron chi connectivity index (χ2n) is 3.19. The number of hydrogen-bond acceptors (Lipinski definition) is 1. The maximum Gasteiger partial charge on any atom is 0.627 e. The molecule has 4 heteroatoms. The fraction of sp³-hybridized carbons (Fsp3) is 0.778. The van der Waals surface area contributed by atoms with Crippen molar-refractivity contribution in [3.8, 4) is 11.7 Å². The Morgan fingerprint density at radius 1 is 1.23 bits per heavy atom. The van der Waals surface area contributed by atoms with Gasteiger partial charge in [0.15, 0.2) is 0 Å². The first-order valence-corrected chi connectivity index (χ1v) is 4.67. The molecule has 0 bridgehead atoms. The lowest BCUT2D eigenvalue weighted by Gasteiger charge is -2.20. The van der Waals surface area contributed by atoms with Crippen LogP contribution in [0.15, 0.2) is 0 Å². The van der Waals surface area contributed by atoms with E-state index in [4.69, 9.17) is 4.74 Å². The second kappa shape index (κ2) is 5.98. The lowest BCUT2D eigenvalue weighted by Crippen LogP contribution is -2.16. The van der Waals surface area contributed by atoms with Crippen molar-refractivity contribution >= 4 is 7.27 Å². The maximum absolute atomic E-state index is 11.6. The van der Waals surface area contributed by atoms with Crippen LogP contribution in [0.4, 0.5) is 8.63 Å². The molecule has 0 aliphatic heterocycles. The summed E-state index contributed by atoms with van der Waals surface area (Å²) in [6.07, 6.45) is 6.00. The third kappa shape index (κ3) is 4.89. The summed E-state index contributed by atoms with van der Waals surface area (Å²) in [6, 6.07) is 0. The highest BCUT2D eigenvalue weighted by Crippen LogP contribution is 2.19. The minimum absolute atomic E-state index is 0.148. The molecule has 72 valence electrons. The molecular weight excluding hydrogens is 173 g/mol. The van der Waals surface area contributed by atoms with Gasteiger partial charge in [-0.25, -0.2) is 0 Å². The largest absolute Gasteiger partial charge is 0.627 e. The zero-order valence-corrected chi connectivity index (χ0v) is 7.56. The van der Waals surface area contributed by atoms with E-state index in [2.05, 4.69) is 5.92 Å². The summed E-state index contributed by atoms with van der Waals surface area (Å²) in [5.74, 6) is 4.09. The van der Waals surface area contributed by atoms with Gasteiger partial charge in [-0.3, -0.25) is 8.63 Å². The van der Waals surface area contributed by atoms with E-state index in [-0.39, 0.29) is 12.7 Å². The van der Waals surface area contributed by atoms with Crippen LogP contribution < -0.4 is 0 Å². The number of halogens is 2. The Kier molecular flexibility index (Phi) is 4.84. The van der Waals surface area contributed by atoms with Crippen molar-refractivity contribution in [2.45, 2.75) is 38.2 Å². The van der Waals surface area contributed by atoms with Crippen LogP contribution in [0.2, 0.25) is 0 Å². The average molecular weight is 186 g/mol. The highest BCUT2D eigenvalue weighted by atomic mass is 19.2. The van der Waals surface area contributed by atoms with Gasteiger partial charge in [-0.05, 0) is 12.8 Å². The third-order valence-corrected chi connectivity index (χ3v) is 2.15. The lowest BCUT2D eigenvalue weighted by atomic mass is 9.98. The maximum atomic E-state index is 11.6. The molecule has 0 radical (unpaired) electrons. The summed E-state index contributed by atoms with van der Waals surface area (Å²) < 4.78 is 28.5. The first-order chi connectivity index (χ1) is 6.29. The molecule has 1 fully saturated rings. The molecule has 1 saturated carbocycles. The number of ether oxygens (including phenoxy) is 1. The van der Waals surface area contributed by atoms with Crippen molar-refractivity contribution in [1.82, 2.24) is 0 Å². The summed E-state index contributed by atoms with van der Waals surface area (Å²) in [6.45, 7) is 0.148. The van der Waals surface area contributed by atoms with Gasteiger partial charge in [0.2, 0.25) is 0 Å². The summed E-state index contributed by atoms with van der Waals surface area (Å²) >= 11 is 0. The SMILES string of the molecule is FB(F)C#CCOC1CCCCC1. The van der Waals surface area contributed by atoms with E-state index in [0.29, 0.717) is 0 Å². The summed E-state index contributed by atoms with van der Waals surface area (Å²) in [5.41, 5.74) is 0. The summed E-state index contributed by atoms with van der Waals surface area (Å²) in [7, 11) is -2.53. The quantitative estimate of drug-likeness (QED) is 0.474. The van der Waals surface area contributed by atoms with Crippen molar-refractivity contribution in [3.05, 3.63) is 0 Å². The third-order valence-electron chi connectivity index (χ3n) is 2.15. The fourth-order valence-corrected chi connectivity index (χ4v) is 1.51. The molecule has 1 aliphatic rings. The van der Waals surface area contributed by atoms with Crippen LogP contribution in [-0.2, 0) is 4.74 Å². The molecule has 1 rings (SSSR count). The van der Waals surface area contributed by atoms with Crippen molar-refractivity contribution in [2.75, 3.05) is 6.61 Å². The number of hydrogen-bond donors (Lipinski definition) is 0. The van der Waals surface area contributed by atoms with Gasteiger partial charge in [0.1, 0.15) is 6.61 Å². The molecule has 13 heavy (non-hydrogen) atoms. The van der Waals surface area contributed by atoms with Gasteiger partial charge >= 0.3 is 7.27 Å². The average Bonchev–Trinajstić information content (AvgIpc) is 2.14. The Balaban J connectivity index is 2.08. The monoisotopic (exact) mass is 186 g/mol. The fourth-order valence-electron chi connectivity index (χ4n) is 1.51.